The zero-order valence-corrected chi connectivity index (χ0v) is 9.87. The SMILES string of the molecule is CC1CCCCN1c1ncncc1Br. The Morgan fingerprint density at radius 3 is 3.07 bits per heavy atom. The van der Waals surface area contributed by atoms with E-state index in [2.05, 4.69) is 37.7 Å². The molecule has 14 heavy (non-hydrogen) atoms. The van der Waals surface area contributed by atoms with Crippen molar-refractivity contribution in [3.8, 4) is 0 Å². The molecule has 2 heterocycles. The third kappa shape index (κ3) is 1.90. The van der Waals surface area contributed by atoms with Crippen molar-refractivity contribution >= 4 is 21.7 Å². The number of nitrogens with zero attached hydrogens (tertiary/aromatic N) is 3. The van der Waals surface area contributed by atoms with E-state index in [-0.39, 0.29) is 0 Å². The average Bonchev–Trinajstić information content (AvgIpc) is 2.20. The predicted octanol–water partition coefficient (Wildman–Crippen LogP) is 2.62. The van der Waals surface area contributed by atoms with Gasteiger partial charge < -0.3 is 4.90 Å². The summed E-state index contributed by atoms with van der Waals surface area (Å²) in [6, 6.07) is 0.593. The molecular weight excluding hydrogens is 242 g/mol. The minimum atomic E-state index is 0.593. The third-order valence-electron chi connectivity index (χ3n) is 2.72. The zero-order chi connectivity index (χ0) is 9.97. The fourth-order valence-corrected chi connectivity index (χ4v) is 2.38. The van der Waals surface area contributed by atoms with Gasteiger partial charge in [-0.2, -0.15) is 0 Å². The fraction of sp³-hybridized carbons (Fsp3) is 0.600. The number of hydrogen-bond donors (Lipinski definition) is 0. The topological polar surface area (TPSA) is 29.0 Å². The molecule has 1 saturated heterocycles. The molecule has 1 fully saturated rings. The van der Waals surface area contributed by atoms with Crippen LogP contribution in [0.15, 0.2) is 17.0 Å². The van der Waals surface area contributed by atoms with Gasteiger partial charge in [-0.3, -0.25) is 0 Å². The predicted molar refractivity (Wildman–Crippen MR) is 60.4 cm³/mol. The molecule has 0 N–H and O–H groups in total. The normalized spacial score (nSPS) is 22.4. The van der Waals surface area contributed by atoms with E-state index >= 15 is 0 Å². The van der Waals surface area contributed by atoms with Crippen molar-refractivity contribution in [1.29, 1.82) is 0 Å². The summed E-state index contributed by atoms with van der Waals surface area (Å²) in [5.41, 5.74) is 0. The summed E-state index contributed by atoms with van der Waals surface area (Å²) in [6.45, 7) is 3.37. The molecule has 1 aliphatic heterocycles. The van der Waals surface area contributed by atoms with Crippen molar-refractivity contribution in [3.05, 3.63) is 17.0 Å². The van der Waals surface area contributed by atoms with E-state index in [9.17, 15) is 0 Å². The Morgan fingerprint density at radius 1 is 1.50 bits per heavy atom. The summed E-state index contributed by atoms with van der Waals surface area (Å²) in [5.74, 6) is 1.03. The van der Waals surface area contributed by atoms with E-state index in [1.165, 1.54) is 19.3 Å². The highest BCUT2D eigenvalue weighted by Crippen LogP contribution is 2.28. The molecule has 3 nitrogen and oxygen atoms in total. The van der Waals surface area contributed by atoms with E-state index in [1.54, 1.807) is 6.33 Å². The largest absolute Gasteiger partial charge is 0.353 e. The Hall–Kier alpha value is -0.640. The molecule has 76 valence electrons. The Bertz CT molecular complexity index is 316. The van der Waals surface area contributed by atoms with Crippen molar-refractivity contribution in [1.82, 2.24) is 9.97 Å². The second-order valence-electron chi connectivity index (χ2n) is 3.73. The molecule has 0 aromatic carbocycles. The molecule has 1 aromatic rings. The Kier molecular flexibility index (Phi) is 3.01. The van der Waals surface area contributed by atoms with Crippen LogP contribution in [-0.4, -0.2) is 22.6 Å². The minimum Gasteiger partial charge on any atom is -0.353 e. The zero-order valence-electron chi connectivity index (χ0n) is 8.28. The maximum atomic E-state index is 4.32. The van der Waals surface area contributed by atoms with Crippen LogP contribution < -0.4 is 4.90 Å². The highest BCUT2D eigenvalue weighted by Gasteiger charge is 2.21. The second-order valence-corrected chi connectivity index (χ2v) is 4.59. The maximum Gasteiger partial charge on any atom is 0.146 e. The standard InChI is InChI=1S/C10H14BrN3/c1-8-4-2-3-5-14(8)10-9(11)6-12-7-13-10/h6-8H,2-5H2,1H3. The van der Waals surface area contributed by atoms with Gasteiger partial charge in [0, 0.05) is 18.8 Å². The first kappa shape index (κ1) is 9.90. The third-order valence-corrected chi connectivity index (χ3v) is 3.28. The van der Waals surface area contributed by atoms with Crippen LogP contribution in [0.1, 0.15) is 26.2 Å². The molecular formula is C10H14BrN3. The van der Waals surface area contributed by atoms with Crippen LogP contribution in [0.4, 0.5) is 5.82 Å². The van der Waals surface area contributed by atoms with E-state index in [0.29, 0.717) is 6.04 Å². The molecule has 0 radical (unpaired) electrons. The molecule has 2 rings (SSSR count). The van der Waals surface area contributed by atoms with Gasteiger partial charge in [0.15, 0.2) is 0 Å². The van der Waals surface area contributed by atoms with Gasteiger partial charge in [-0.25, -0.2) is 9.97 Å². The maximum absolute atomic E-state index is 4.32. The summed E-state index contributed by atoms with van der Waals surface area (Å²) in [4.78, 5) is 10.7. The fourth-order valence-electron chi connectivity index (χ4n) is 1.93. The summed E-state index contributed by atoms with van der Waals surface area (Å²) >= 11 is 3.49. The molecule has 1 unspecified atom stereocenters. The van der Waals surface area contributed by atoms with Gasteiger partial charge in [0.2, 0.25) is 0 Å². The lowest BCUT2D eigenvalue weighted by Gasteiger charge is -2.34. The molecule has 4 heteroatoms. The van der Waals surface area contributed by atoms with Gasteiger partial charge in [0.25, 0.3) is 0 Å². The van der Waals surface area contributed by atoms with Crippen molar-refractivity contribution in [2.75, 3.05) is 11.4 Å². The quantitative estimate of drug-likeness (QED) is 0.773. The van der Waals surface area contributed by atoms with Crippen LogP contribution in [0.2, 0.25) is 0 Å². The Morgan fingerprint density at radius 2 is 2.36 bits per heavy atom. The van der Waals surface area contributed by atoms with Crippen LogP contribution in [-0.2, 0) is 0 Å². The molecule has 1 atom stereocenters. The van der Waals surface area contributed by atoms with Crippen LogP contribution in [0.3, 0.4) is 0 Å². The number of aromatic nitrogens is 2. The van der Waals surface area contributed by atoms with E-state index < -0.39 is 0 Å². The van der Waals surface area contributed by atoms with E-state index in [4.69, 9.17) is 0 Å². The molecule has 0 amide bonds. The van der Waals surface area contributed by atoms with Crippen molar-refractivity contribution in [3.63, 3.8) is 0 Å². The highest BCUT2D eigenvalue weighted by atomic mass is 79.9. The molecule has 1 aliphatic rings. The lowest BCUT2D eigenvalue weighted by molar-refractivity contribution is 0.480. The van der Waals surface area contributed by atoms with Gasteiger partial charge in [0.1, 0.15) is 12.1 Å². The molecule has 0 spiro atoms. The molecule has 0 bridgehead atoms. The Labute approximate surface area is 92.7 Å². The van der Waals surface area contributed by atoms with Crippen LogP contribution in [0, 0.1) is 0 Å². The number of anilines is 1. The van der Waals surface area contributed by atoms with Crippen LogP contribution >= 0.6 is 15.9 Å². The highest BCUT2D eigenvalue weighted by molar-refractivity contribution is 9.10. The van der Waals surface area contributed by atoms with Crippen LogP contribution in [0.25, 0.3) is 0 Å². The first-order chi connectivity index (χ1) is 6.79. The average molecular weight is 256 g/mol. The van der Waals surface area contributed by atoms with Gasteiger partial charge in [-0.05, 0) is 42.1 Å². The van der Waals surface area contributed by atoms with Crippen LogP contribution in [0.5, 0.6) is 0 Å². The number of rotatable bonds is 1. The Balaban J connectivity index is 2.25. The number of halogens is 1. The summed E-state index contributed by atoms with van der Waals surface area (Å²) < 4.78 is 0.994. The number of piperidine rings is 1. The van der Waals surface area contributed by atoms with E-state index in [0.717, 1.165) is 16.8 Å². The first-order valence-corrected chi connectivity index (χ1v) is 5.80. The van der Waals surface area contributed by atoms with Gasteiger partial charge >= 0.3 is 0 Å². The van der Waals surface area contributed by atoms with Crippen molar-refractivity contribution in [2.24, 2.45) is 0 Å². The lowest BCUT2D eigenvalue weighted by atomic mass is 10.0. The minimum absolute atomic E-state index is 0.593. The summed E-state index contributed by atoms with van der Waals surface area (Å²) in [5, 5.41) is 0. The lowest BCUT2D eigenvalue weighted by Crippen LogP contribution is -2.38. The monoisotopic (exact) mass is 255 g/mol. The van der Waals surface area contributed by atoms with Gasteiger partial charge in [0.05, 0.1) is 4.47 Å². The molecule has 1 aromatic heterocycles. The molecule has 0 aliphatic carbocycles. The summed E-state index contributed by atoms with van der Waals surface area (Å²) in [6.07, 6.45) is 7.28. The van der Waals surface area contributed by atoms with E-state index in [1.807, 2.05) is 6.20 Å². The molecule has 0 saturated carbocycles. The van der Waals surface area contributed by atoms with Gasteiger partial charge in [-0.1, -0.05) is 0 Å². The smallest absolute Gasteiger partial charge is 0.146 e. The number of hydrogen-bond acceptors (Lipinski definition) is 3. The second kappa shape index (κ2) is 4.26. The van der Waals surface area contributed by atoms with Crippen molar-refractivity contribution in [2.45, 2.75) is 32.2 Å². The van der Waals surface area contributed by atoms with Gasteiger partial charge in [-0.15, -0.1) is 0 Å². The first-order valence-electron chi connectivity index (χ1n) is 5.01. The summed E-state index contributed by atoms with van der Waals surface area (Å²) in [7, 11) is 0. The van der Waals surface area contributed by atoms with Crippen molar-refractivity contribution < 1.29 is 0 Å².